The minimum Gasteiger partial charge on any atom is -0.367 e. The molecule has 0 aliphatic rings. The molecule has 16 heavy (non-hydrogen) atoms. The fraction of sp³-hybridized carbons (Fsp3) is 0.444. The number of nitrogens with one attached hydrogen (secondary N) is 1. The molecule has 2 heterocycles. The highest BCUT2D eigenvalue weighted by molar-refractivity contribution is 7.09. The number of hydrogen-bond acceptors (Lipinski definition) is 6. The van der Waals surface area contributed by atoms with Gasteiger partial charge in [-0.3, -0.25) is 0 Å². The van der Waals surface area contributed by atoms with E-state index >= 15 is 0 Å². The van der Waals surface area contributed by atoms with Crippen LogP contribution in [0.1, 0.15) is 12.8 Å². The number of rotatable bonds is 6. The Balaban J connectivity index is 1.59. The van der Waals surface area contributed by atoms with Crippen molar-refractivity contribution in [1.29, 1.82) is 0 Å². The molecule has 7 heteroatoms. The lowest BCUT2D eigenvalue weighted by Crippen LogP contribution is -2.03. The first-order chi connectivity index (χ1) is 7.84. The summed E-state index contributed by atoms with van der Waals surface area (Å²) in [6.07, 6.45) is 7.79. The van der Waals surface area contributed by atoms with Crippen molar-refractivity contribution in [2.24, 2.45) is 0 Å². The van der Waals surface area contributed by atoms with Gasteiger partial charge < -0.3 is 15.6 Å². The van der Waals surface area contributed by atoms with Crippen molar-refractivity contribution >= 4 is 22.6 Å². The van der Waals surface area contributed by atoms with E-state index in [0.29, 0.717) is 5.95 Å². The van der Waals surface area contributed by atoms with Crippen molar-refractivity contribution < 1.29 is 0 Å². The number of imidazole rings is 1. The highest BCUT2D eigenvalue weighted by Gasteiger charge is 1.98. The highest BCUT2D eigenvalue weighted by Crippen LogP contribution is 2.11. The summed E-state index contributed by atoms with van der Waals surface area (Å²) >= 11 is 1.29. The molecule has 0 amide bonds. The Morgan fingerprint density at radius 2 is 2.38 bits per heavy atom. The first-order valence-corrected chi connectivity index (χ1v) is 5.91. The predicted molar refractivity (Wildman–Crippen MR) is 64.3 cm³/mol. The number of anilines is 2. The first kappa shape index (κ1) is 10.9. The van der Waals surface area contributed by atoms with Gasteiger partial charge in [0, 0.05) is 37.0 Å². The second-order valence-electron chi connectivity index (χ2n) is 3.39. The Labute approximate surface area is 97.7 Å². The second-order valence-corrected chi connectivity index (χ2v) is 4.14. The lowest BCUT2D eigenvalue weighted by molar-refractivity contribution is 0.621. The molecular formula is C9H14N6S. The highest BCUT2D eigenvalue weighted by atomic mass is 32.1. The van der Waals surface area contributed by atoms with Gasteiger partial charge in [-0.15, -0.1) is 0 Å². The van der Waals surface area contributed by atoms with Crippen LogP contribution in [0.3, 0.4) is 0 Å². The third-order valence-electron chi connectivity index (χ3n) is 2.12. The zero-order valence-electron chi connectivity index (χ0n) is 8.83. The molecule has 86 valence electrons. The molecule has 6 nitrogen and oxygen atoms in total. The quantitative estimate of drug-likeness (QED) is 0.739. The molecule has 2 aromatic heterocycles. The molecule has 0 bridgehead atoms. The lowest BCUT2D eigenvalue weighted by Gasteiger charge is -2.02. The third kappa shape index (κ3) is 3.20. The van der Waals surface area contributed by atoms with Crippen molar-refractivity contribution in [3.63, 3.8) is 0 Å². The molecule has 0 saturated heterocycles. The van der Waals surface area contributed by atoms with Gasteiger partial charge in [-0.05, 0) is 12.8 Å². The van der Waals surface area contributed by atoms with E-state index in [1.54, 1.807) is 6.20 Å². The van der Waals surface area contributed by atoms with Crippen LogP contribution >= 0.6 is 11.5 Å². The van der Waals surface area contributed by atoms with E-state index in [1.807, 2.05) is 12.5 Å². The van der Waals surface area contributed by atoms with Gasteiger partial charge in [0.2, 0.25) is 11.1 Å². The number of aryl methyl sites for hydroxylation is 1. The van der Waals surface area contributed by atoms with Crippen LogP contribution in [0, 0.1) is 0 Å². The van der Waals surface area contributed by atoms with E-state index in [4.69, 9.17) is 5.73 Å². The van der Waals surface area contributed by atoms with E-state index in [-0.39, 0.29) is 0 Å². The number of aromatic nitrogens is 4. The van der Waals surface area contributed by atoms with Crippen molar-refractivity contribution in [3.05, 3.63) is 18.7 Å². The van der Waals surface area contributed by atoms with Crippen LogP contribution in [-0.4, -0.2) is 25.5 Å². The van der Waals surface area contributed by atoms with E-state index in [1.165, 1.54) is 11.5 Å². The molecule has 2 rings (SSSR count). The fourth-order valence-electron chi connectivity index (χ4n) is 1.34. The zero-order chi connectivity index (χ0) is 11.2. The number of unbranched alkanes of at least 4 members (excludes halogenated alkanes) is 1. The molecule has 0 radical (unpaired) electrons. The summed E-state index contributed by atoms with van der Waals surface area (Å²) in [5.74, 6) is 0.339. The minimum atomic E-state index is 0.339. The van der Waals surface area contributed by atoms with Gasteiger partial charge in [-0.2, -0.15) is 9.36 Å². The second kappa shape index (κ2) is 5.45. The van der Waals surface area contributed by atoms with E-state index < -0.39 is 0 Å². The molecule has 0 spiro atoms. The Hall–Kier alpha value is -1.63. The van der Waals surface area contributed by atoms with Gasteiger partial charge in [-0.25, -0.2) is 4.98 Å². The van der Waals surface area contributed by atoms with E-state index in [2.05, 4.69) is 24.2 Å². The largest absolute Gasteiger partial charge is 0.367 e. The SMILES string of the molecule is Nc1nsc(NCCCCn2ccnc2)n1. The maximum atomic E-state index is 5.41. The topological polar surface area (TPSA) is 81.6 Å². The van der Waals surface area contributed by atoms with Crippen LogP contribution in [0.15, 0.2) is 18.7 Å². The molecule has 0 unspecified atom stereocenters. The Morgan fingerprint density at radius 3 is 3.06 bits per heavy atom. The van der Waals surface area contributed by atoms with Gasteiger partial charge in [-0.1, -0.05) is 0 Å². The minimum absolute atomic E-state index is 0.339. The van der Waals surface area contributed by atoms with Crippen LogP contribution in [0.25, 0.3) is 0 Å². The normalized spacial score (nSPS) is 10.5. The predicted octanol–water partition coefficient (Wildman–Crippen LogP) is 1.21. The summed E-state index contributed by atoms with van der Waals surface area (Å²) in [6.45, 7) is 1.89. The summed E-state index contributed by atoms with van der Waals surface area (Å²) in [5, 5.41) is 3.98. The number of hydrogen-bond donors (Lipinski definition) is 2. The molecule has 3 N–H and O–H groups in total. The summed E-state index contributed by atoms with van der Waals surface area (Å²) in [5.41, 5.74) is 5.41. The standard InChI is InChI=1S/C9H14N6S/c10-8-13-9(16-14-8)12-3-1-2-5-15-6-4-11-7-15/h4,6-7H,1-3,5H2,(H3,10,12,13,14). The summed E-state index contributed by atoms with van der Waals surface area (Å²) in [7, 11) is 0. The maximum Gasteiger partial charge on any atom is 0.233 e. The van der Waals surface area contributed by atoms with Gasteiger partial charge in [0.1, 0.15) is 0 Å². The summed E-state index contributed by atoms with van der Waals surface area (Å²) < 4.78 is 5.96. The van der Waals surface area contributed by atoms with Crippen LogP contribution < -0.4 is 11.1 Å². The van der Waals surface area contributed by atoms with Gasteiger partial charge >= 0.3 is 0 Å². The number of nitrogens with two attached hydrogens (primary N) is 1. The molecule has 0 aliphatic heterocycles. The average molecular weight is 238 g/mol. The molecule has 0 saturated carbocycles. The Morgan fingerprint density at radius 1 is 1.44 bits per heavy atom. The molecule has 0 atom stereocenters. The fourth-order valence-corrected chi connectivity index (χ4v) is 1.86. The molecule has 2 aromatic rings. The smallest absolute Gasteiger partial charge is 0.233 e. The van der Waals surface area contributed by atoms with Crippen molar-refractivity contribution in [2.75, 3.05) is 17.6 Å². The molecular weight excluding hydrogens is 224 g/mol. The molecule has 0 aliphatic carbocycles. The average Bonchev–Trinajstić information content (AvgIpc) is 2.89. The van der Waals surface area contributed by atoms with E-state index in [0.717, 1.165) is 31.1 Å². The van der Waals surface area contributed by atoms with Gasteiger partial charge in [0.05, 0.1) is 6.33 Å². The van der Waals surface area contributed by atoms with Crippen molar-refractivity contribution in [1.82, 2.24) is 18.9 Å². The van der Waals surface area contributed by atoms with Crippen LogP contribution in [0.5, 0.6) is 0 Å². The first-order valence-electron chi connectivity index (χ1n) is 5.13. The maximum absolute atomic E-state index is 5.41. The Bertz CT molecular complexity index is 409. The number of nitrogen functional groups attached to an aromatic ring is 1. The zero-order valence-corrected chi connectivity index (χ0v) is 9.65. The molecule has 0 aromatic carbocycles. The monoisotopic (exact) mass is 238 g/mol. The van der Waals surface area contributed by atoms with Crippen LogP contribution in [0.4, 0.5) is 11.1 Å². The van der Waals surface area contributed by atoms with Gasteiger partial charge in [0.25, 0.3) is 0 Å². The van der Waals surface area contributed by atoms with Gasteiger partial charge in [0.15, 0.2) is 0 Å². The van der Waals surface area contributed by atoms with E-state index in [9.17, 15) is 0 Å². The lowest BCUT2D eigenvalue weighted by atomic mass is 10.3. The van der Waals surface area contributed by atoms with Crippen LogP contribution in [-0.2, 0) is 6.54 Å². The van der Waals surface area contributed by atoms with Crippen molar-refractivity contribution in [3.8, 4) is 0 Å². The summed E-state index contributed by atoms with van der Waals surface area (Å²) in [6, 6.07) is 0. The van der Waals surface area contributed by atoms with Crippen molar-refractivity contribution in [2.45, 2.75) is 19.4 Å². The summed E-state index contributed by atoms with van der Waals surface area (Å²) in [4.78, 5) is 8.01. The third-order valence-corrected chi connectivity index (χ3v) is 2.81. The Kier molecular flexibility index (Phi) is 3.71. The number of nitrogens with zero attached hydrogens (tertiary/aromatic N) is 4. The molecule has 0 fully saturated rings. The van der Waals surface area contributed by atoms with Crippen LogP contribution in [0.2, 0.25) is 0 Å².